The molecule has 14 heteroatoms. The molecule has 186 valence electrons. The molecule has 1 saturated heterocycles. The third-order valence-electron chi connectivity index (χ3n) is 6.28. The van der Waals surface area contributed by atoms with Crippen molar-refractivity contribution < 1.29 is 22.5 Å². The molecular formula is C20H27ClN6O6S. The van der Waals surface area contributed by atoms with E-state index in [0.29, 0.717) is 43.7 Å². The number of ether oxygens (including phenoxy) is 1. The number of rotatable bonds is 6. The first kappa shape index (κ1) is 24.5. The molecule has 12 nitrogen and oxygen atoms in total. The first-order valence-corrected chi connectivity index (χ1v) is 13.0. The van der Waals surface area contributed by atoms with E-state index >= 15 is 0 Å². The minimum atomic E-state index is -3.93. The van der Waals surface area contributed by atoms with Crippen LogP contribution >= 0.6 is 11.6 Å². The number of amides is 1. The lowest BCUT2D eigenvalue weighted by Crippen LogP contribution is -2.41. The van der Waals surface area contributed by atoms with Crippen LogP contribution in [0.4, 0.5) is 10.5 Å². The molecule has 2 fully saturated rings. The second-order valence-corrected chi connectivity index (χ2v) is 10.7. The quantitative estimate of drug-likeness (QED) is 0.515. The summed E-state index contributed by atoms with van der Waals surface area (Å²) in [5.74, 6) is 0.297. The summed E-state index contributed by atoms with van der Waals surface area (Å²) in [7, 11) is -3.93. The molecule has 4 N–H and O–H groups in total. The summed E-state index contributed by atoms with van der Waals surface area (Å²) in [5, 5.41) is 18.2. The number of alkyl carbamates (subject to hydrolysis) is 1. The van der Waals surface area contributed by atoms with Gasteiger partial charge >= 0.3 is 6.09 Å². The van der Waals surface area contributed by atoms with Crippen LogP contribution in [0.15, 0.2) is 20.4 Å². The molecule has 1 unspecified atom stereocenters. The van der Waals surface area contributed by atoms with Gasteiger partial charge in [0.1, 0.15) is 21.7 Å². The highest BCUT2D eigenvalue weighted by molar-refractivity contribution is 7.89. The lowest BCUT2D eigenvalue weighted by molar-refractivity contribution is 0.101. The predicted molar refractivity (Wildman–Crippen MR) is 122 cm³/mol. The van der Waals surface area contributed by atoms with E-state index in [9.17, 15) is 18.0 Å². The van der Waals surface area contributed by atoms with Gasteiger partial charge in [-0.2, -0.15) is 5.10 Å². The zero-order valence-electron chi connectivity index (χ0n) is 18.6. The molecule has 1 saturated carbocycles. The van der Waals surface area contributed by atoms with Crippen LogP contribution in [0.25, 0.3) is 0 Å². The molecule has 2 aromatic rings. The Kier molecular flexibility index (Phi) is 7.14. The van der Waals surface area contributed by atoms with Gasteiger partial charge in [0.2, 0.25) is 10.0 Å². The number of aromatic amines is 1. The van der Waals surface area contributed by atoms with Crippen LogP contribution < -0.4 is 20.9 Å². The van der Waals surface area contributed by atoms with Crippen LogP contribution in [-0.2, 0) is 21.2 Å². The third kappa shape index (κ3) is 5.53. The van der Waals surface area contributed by atoms with Gasteiger partial charge in [0.15, 0.2) is 5.76 Å². The van der Waals surface area contributed by atoms with Gasteiger partial charge in [-0.25, -0.2) is 23.4 Å². The first-order chi connectivity index (χ1) is 16.1. The fourth-order valence-corrected chi connectivity index (χ4v) is 5.87. The van der Waals surface area contributed by atoms with Crippen molar-refractivity contribution in [2.75, 3.05) is 18.0 Å². The number of nitrogens with two attached hydrogens (primary N) is 1. The zero-order valence-corrected chi connectivity index (χ0v) is 20.2. The van der Waals surface area contributed by atoms with Gasteiger partial charge in [-0.15, -0.1) is 0 Å². The highest BCUT2D eigenvalue weighted by Gasteiger charge is 2.31. The Morgan fingerprint density at radius 1 is 1.41 bits per heavy atom. The number of hydrogen-bond acceptors (Lipinski definition) is 9. The van der Waals surface area contributed by atoms with Gasteiger partial charge in [0.25, 0.3) is 5.56 Å². The number of sulfonamides is 1. The van der Waals surface area contributed by atoms with Crippen molar-refractivity contribution in [3.8, 4) is 0 Å². The van der Waals surface area contributed by atoms with Crippen molar-refractivity contribution in [1.82, 2.24) is 20.7 Å². The van der Waals surface area contributed by atoms with E-state index in [0.717, 1.165) is 19.3 Å². The molecule has 2 aromatic heterocycles. The van der Waals surface area contributed by atoms with E-state index in [1.165, 1.54) is 13.1 Å². The highest BCUT2D eigenvalue weighted by atomic mass is 35.5. The Bertz CT molecular complexity index is 1210. The molecule has 34 heavy (non-hydrogen) atoms. The maximum atomic E-state index is 12.5. The smallest absolute Gasteiger partial charge is 0.407 e. The van der Waals surface area contributed by atoms with Crippen LogP contribution in [0.5, 0.6) is 0 Å². The molecule has 1 aliphatic carbocycles. The average molecular weight is 515 g/mol. The second-order valence-electron chi connectivity index (χ2n) is 8.80. The van der Waals surface area contributed by atoms with E-state index < -0.39 is 21.7 Å². The molecule has 2 aliphatic rings. The first-order valence-electron chi connectivity index (χ1n) is 11.0. The van der Waals surface area contributed by atoms with E-state index in [4.69, 9.17) is 26.0 Å². The van der Waals surface area contributed by atoms with Gasteiger partial charge in [0, 0.05) is 19.0 Å². The normalized spacial score (nSPS) is 23.1. The number of carbonyl (C=O) groups excluding carboxylic acids is 1. The number of hydrogen-bond donors (Lipinski definition) is 3. The van der Waals surface area contributed by atoms with Gasteiger partial charge < -0.3 is 19.5 Å². The van der Waals surface area contributed by atoms with Gasteiger partial charge in [-0.1, -0.05) is 23.2 Å². The maximum absolute atomic E-state index is 12.5. The van der Waals surface area contributed by atoms with Crippen molar-refractivity contribution in [2.45, 2.75) is 62.5 Å². The van der Waals surface area contributed by atoms with E-state index in [1.807, 2.05) is 4.90 Å². The minimum Gasteiger partial charge on any atom is -0.444 e. The lowest BCUT2D eigenvalue weighted by Gasteiger charge is -2.29. The Hall–Kier alpha value is -2.64. The van der Waals surface area contributed by atoms with Crippen LogP contribution in [0, 0.1) is 12.8 Å². The third-order valence-corrected chi connectivity index (χ3v) is 7.74. The Balaban J connectivity index is 1.30. The molecule has 0 spiro atoms. The summed E-state index contributed by atoms with van der Waals surface area (Å²) in [6, 6.07) is -0.0963. The summed E-state index contributed by atoms with van der Waals surface area (Å²) in [6.45, 7) is 2.51. The van der Waals surface area contributed by atoms with Crippen molar-refractivity contribution in [2.24, 2.45) is 11.1 Å². The van der Waals surface area contributed by atoms with Crippen LogP contribution in [0.1, 0.15) is 43.6 Å². The topological polar surface area (TPSA) is 174 Å². The molecule has 0 aromatic carbocycles. The molecular weight excluding hydrogens is 488 g/mol. The van der Waals surface area contributed by atoms with Crippen molar-refractivity contribution in [3.05, 3.63) is 33.0 Å². The number of aryl methyl sites for hydroxylation is 1. The molecule has 0 radical (unpaired) electrons. The van der Waals surface area contributed by atoms with E-state index in [-0.39, 0.29) is 33.7 Å². The average Bonchev–Trinajstić information content (AvgIpc) is 3.36. The molecule has 0 bridgehead atoms. The maximum Gasteiger partial charge on any atom is 0.407 e. The summed E-state index contributed by atoms with van der Waals surface area (Å²) in [4.78, 5) is 26.0. The predicted octanol–water partition coefficient (Wildman–Crippen LogP) is 1.47. The number of halogens is 1. The monoisotopic (exact) mass is 514 g/mol. The van der Waals surface area contributed by atoms with Gasteiger partial charge in [0.05, 0.1) is 18.4 Å². The Labute approximate surface area is 201 Å². The fourth-order valence-electron chi connectivity index (χ4n) is 4.77. The molecule has 3 heterocycles. The van der Waals surface area contributed by atoms with E-state index in [2.05, 4.69) is 20.7 Å². The van der Waals surface area contributed by atoms with Gasteiger partial charge in [-0.3, -0.25) is 4.79 Å². The van der Waals surface area contributed by atoms with E-state index in [1.54, 1.807) is 0 Å². The Morgan fingerprint density at radius 3 is 2.97 bits per heavy atom. The molecule has 1 aliphatic heterocycles. The lowest BCUT2D eigenvalue weighted by atomic mass is 9.83. The number of primary sulfonamides is 1. The standard InChI is InChI=1S/C20H27ClN6O6S/c1-11-18(34(22,30)31)15(26-33-11)8-12-3-2-4-13(7-12)24-20(29)32-14-5-6-27(10-14)16-9-23-25-19(28)17(16)21/h9,12-14H,2-8,10H2,1H3,(H,24,29)(H,25,28)(H2,22,30,31)/t12?,13-,14-/m1/s1. The minimum absolute atomic E-state index is 0.0523. The second kappa shape index (κ2) is 9.92. The van der Waals surface area contributed by atoms with Crippen molar-refractivity contribution in [1.29, 1.82) is 0 Å². The van der Waals surface area contributed by atoms with Gasteiger partial charge in [-0.05, 0) is 38.5 Å². The number of nitrogens with one attached hydrogen (secondary N) is 2. The van der Waals surface area contributed by atoms with Crippen molar-refractivity contribution in [3.63, 3.8) is 0 Å². The molecule has 3 atom stereocenters. The van der Waals surface area contributed by atoms with Crippen LogP contribution in [-0.4, -0.2) is 55.1 Å². The number of nitrogens with zero attached hydrogens (tertiary/aromatic N) is 3. The SMILES string of the molecule is Cc1onc(CC2CCC[C@@H](NC(=O)O[C@@H]3CCN(c4cn[nH]c(=O)c4Cl)C3)C2)c1S(N)(=O)=O. The highest BCUT2D eigenvalue weighted by Crippen LogP contribution is 2.30. The largest absolute Gasteiger partial charge is 0.444 e. The number of H-pyrrole nitrogens is 1. The molecule has 1 amide bonds. The van der Waals surface area contributed by atoms with Crippen LogP contribution in [0.3, 0.4) is 0 Å². The molecule has 4 rings (SSSR count). The summed E-state index contributed by atoms with van der Waals surface area (Å²) in [6.07, 6.45) is 4.86. The fraction of sp³-hybridized carbons (Fsp3) is 0.600. The van der Waals surface area contributed by atoms with Crippen LogP contribution in [0.2, 0.25) is 5.02 Å². The summed E-state index contributed by atoms with van der Waals surface area (Å²) >= 11 is 6.07. The number of anilines is 1. The Morgan fingerprint density at radius 2 is 2.21 bits per heavy atom. The number of aromatic nitrogens is 3. The summed E-state index contributed by atoms with van der Waals surface area (Å²) in [5.41, 5.74) is 0.367. The van der Waals surface area contributed by atoms with Crippen molar-refractivity contribution >= 4 is 33.4 Å². The number of carbonyl (C=O) groups is 1. The summed E-state index contributed by atoms with van der Waals surface area (Å²) < 4.78 is 34.4. The zero-order chi connectivity index (χ0) is 24.5.